The van der Waals surface area contributed by atoms with Crippen molar-refractivity contribution >= 4 is 17.9 Å². The number of carboxylic acid groups (broad SMARTS) is 1. The molecule has 0 aromatic carbocycles. The van der Waals surface area contributed by atoms with Crippen molar-refractivity contribution in [1.29, 1.82) is 0 Å². The van der Waals surface area contributed by atoms with Gasteiger partial charge in [0.2, 0.25) is 0 Å². The maximum absolute atomic E-state index is 13.0. The monoisotopic (exact) mass is 1310 g/mol. The zero-order valence-corrected chi connectivity index (χ0v) is 62.7. The Hall–Kier alpha value is -2.75. The second kappa shape index (κ2) is 75.0. The van der Waals surface area contributed by atoms with E-state index in [1.54, 1.807) is 0 Å². The van der Waals surface area contributed by atoms with Gasteiger partial charge in [0.1, 0.15) is 13.2 Å². The second-order valence-corrected chi connectivity index (χ2v) is 29.1. The van der Waals surface area contributed by atoms with Crippen molar-refractivity contribution in [3.63, 3.8) is 0 Å². The summed E-state index contributed by atoms with van der Waals surface area (Å²) in [5, 5.41) is 9.78. The number of quaternary nitrogens is 1. The molecule has 9 nitrogen and oxygen atoms in total. The van der Waals surface area contributed by atoms with E-state index in [1.807, 2.05) is 21.1 Å². The Morgan fingerprint density at radius 2 is 0.581 bits per heavy atom. The van der Waals surface area contributed by atoms with Gasteiger partial charge in [-0.1, -0.05) is 371 Å². The molecule has 0 aliphatic carbocycles. The van der Waals surface area contributed by atoms with E-state index < -0.39 is 18.4 Å². The Morgan fingerprint density at radius 1 is 0.323 bits per heavy atom. The van der Waals surface area contributed by atoms with Crippen molar-refractivity contribution in [1.82, 2.24) is 0 Å². The molecule has 0 aliphatic heterocycles. The lowest BCUT2D eigenvalue weighted by atomic mass is 10.0. The van der Waals surface area contributed by atoms with Crippen LogP contribution in [0.25, 0.3) is 0 Å². The number of carbonyl (C=O) groups is 3. The van der Waals surface area contributed by atoms with Crippen LogP contribution in [0.4, 0.5) is 0 Å². The molecule has 0 aromatic rings. The van der Waals surface area contributed by atoms with Crippen LogP contribution in [0.2, 0.25) is 0 Å². The molecule has 546 valence electrons. The summed E-state index contributed by atoms with van der Waals surface area (Å²) in [4.78, 5) is 37.7. The maximum atomic E-state index is 13.0. The highest BCUT2D eigenvalue weighted by Crippen LogP contribution is 2.20. The van der Waals surface area contributed by atoms with Crippen LogP contribution < -0.4 is 0 Å². The average molecular weight is 1310 g/mol. The van der Waals surface area contributed by atoms with Gasteiger partial charge >= 0.3 is 17.9 Å². The van der Waals surface area contributed by atoms with E-state index in [2.05, 4.69) is 62.5 Å². The number of hydrogen-bond acceptors (Lipinski definition) is 7. The van der Waals surface area contributed by atoms with Gasteiger partial charge in [0.25, 0.3) is 6.29 Å². The molecule has 0 bridgehead atoms. The normalized spacial score (nSPS) is 12.8. The molecule has 0 saturated carbocycles. The predicted octanol–water partition coefficient (Wildman–Crippen LogP) is 26.0. The Labute approximate surface area is 578 Å². The lowest BCUT2D eigenvalue weighted by Gasteiger charge is -2.25. The van der Waals surface area contributed by atoms with E-state index in [0.717, 1.165) is 51.4 Å². The van der Waals surface area contributed by atoms with E-state index in [0.29, 0.717) is 17.4 Å². The molecular weight excluding hydrogens is 1150 g/mol. The number of allylic oxidation sites excluding steroid dienone is 8. The highest BCUT2D eigenvalue weighted by Gasteiger charge is 2.25. The predicted molar refractivity (Wildman–Crippen MR) is 401 cm³/mol. The van der Waals surface area contributed by atoms with Crippen LogP contribution in [0, 0.1) is 0 Å². The molecule has 0 radical (unpaired) electrons. The summed E-state index contributed by atoms with van der Waals surface area (Å²) in [5.74, 6) is -1.97. The molecular formula is C84H158NO8+. The van der Waals surface area contributed by atoms with Crippen LogP contribution in [-0.2, 0) is 33.3 Å². The van der Waals surface area contributed by atoms with Gasteiger partial charge < -0.3 is 28.5 Å². The van der Waals surface area contributed by atoms with E-state index in [-0.39, 0.29) is 38.2 Å². The number of likely N-dealkylation sites (N-methyl/N-ethyl adjacent to an activating group) is 1. The average Bonchev–Trinajstić information content (AvgIpc) is 3.74. The summed E-state index contributed by atoms with van der Waals surface area (Å²) in [5.41, 5.74) is 0. The summed E-state index contributed by atoms with van der Waals surface area (Å²) in [6.07, 6.45) is 95.6. The third kappa shape index (κ3) is 76.5. The summed E-state index contributed by atoms with van der Waals surface area (Å²) < 4.78 is 23.1. The lowest BCUT2D eigenvalue weighted by Crippen LogP contribution is -2.40. The number of rotatable bonds is 77. The molecule has 2 unspecified atom stereocenters. The Kier molecular flexibility index (Phi) is 72.8. The van der Waals surface area contributed by atoms with Gasteiger partial charge in [0.15, 0.2) is 6.10 Å². The number of carboxylic acids is 1. The van der Waals surface area contributed by atoms with Gasteiger partial charge in [0, 0.05) is 12.8 Å². The van der Waals surface area contributed by atoms with Gasteiger partial charge in [-0.05, 0) is 77.0 Å². The molecule has 0 amide bonds. The number of carbonyl (C=O) groups excluding carboxylic acids is 2. The number of hydrogen-bond donors (Lipinski definition) is 1. The third-order valence-electron chi connectivity index (χ3n) is 18.6. The van der Waals surface area contributed by atoms with Gasteiger partial charge in [-0.3, -0.25) is 9.59 Å². The number of ether oxygens (including phenoxy) is 4. The number of aliphatic carboxylic acids is 1. The van der Waals surface area contributed by atoms with Crippen molar-refractivity contribution in [3.8, 4) is 0 Å². The first-order valence-corrected chi connectivity index (χ1v) is 40.8. The largest absolute Gasteiger partial charge is 0.477 e. The highest BCUT2D eigenvalue weighted by molar-refractivity contribution is 5.71. The van der Waals surface area contributed by atoms with E-state index in [1.165, 1.54) is 334 Å². The quantitative estimate of drug-likeness (QED) is 0.0211. The molecule has 0 aromatic heterocycles. The molecule has 2 atom stereocenters. The first-order valence-electron chi connectivity index (χ1n) is 40.8. The van der Waals surface area contributed by atoms with Crippen molar-refractivity contribution in [3.05, 3.63) is 48.6 Å². The molecule has 9 heteroatoms. The zero-order chi connectivity index (χ0) is 67.5. The first kappa shape index (κ1) is 90.2. The minimum atomic E-state index is -1.51. The standard InChI is InChI=1S/C84H157NO8/c1-6-8-10-12-14-16-18-20-22-24-26-28-30-32-34-36-38-40-41-43-45-47-49-51-53-55-57-59-61-63-65-67-69-71-73-75-82(87)93-80(79-92-84(83(88)89)90-77-76-85(3,4)5)78-91-81(86)74-72-70-68-66-64-62-60-58-56-54-52-50-48-46-44-42-39-37-35-33-31-29-27-25-23-21-19-17-15-13-11-9-7-2/h18-21,24-27,80,84H,6-17,22-23,28-79H2,1-5H3/p+1/b20-18-,21-19-,26-24-,27-25-. The maximum Gasteiger partial charge on any atom is 0.361 e. The van der Waals surface area contributed by atoms with Crippen LogP contribution in [0.3, 0.4) is 0 Å². The van der Waals surface area contributed by atoms with Crippen molar-refractivity contribution in [2.24, 2.45) is 0 Å². The number of nitrogens with zero attached hydrogens (tertiary/aromatic N) is 1. The minimum Gasteiger partial charge on any atom is -0.477 e. The van der Waals surface area contributed by atoms with Crippen LogP contribution in [-0.4, -0.2) is 87.4 Å². The fourth-order valence-electron chi connectivity index (χ4n) is 12.3. The number of unbranched alkanes of at least 4 members (excludes halogenated alkanes) is 54. The SMILES string of the molecule is CCCCCCC/C=C\C/C=C\CCCCCCCCCCCCCCCCCCCCCCCCCC(=O)OC(COC(=O)CCCCCCCCCCCCCCCCCCCCCCC/C=C\C/C=C\CCCCCCC)COC(OCC[N+](C)(C)C)C(=O)O. The molecule has 0 rings (SSSR count). The van der Waals surface area contributed by atoms with Crippen LogP contribution in [0.5, 0.6) is 0 Å². The summed E-state index contributed by atoms with van der Waals surface area (Å²) in [6, 6.07) is 0. The van der Waals surface area contributed by atoms with Crippen molar-refractivity contribution in [2.75, 3.05) is 47.5 Å². The molecule has 1 N–H and O–H groups in total. The first-order chi connectivity index (χ1) is 45.6. The Bertz CT molecular complexity index is 1670. The third-order valence-corrected chi connectivity index (χ3v) is 18.6. The molecule has 0 spiro atoms. The summed E-state index contributed by atoms with van der Waals surface area (Å²) in [7, 11) is 6.00. The van der Waals surface area contributed by atoms with E-state index >= 15 is 0 Å². The fourth-order valence-corrected chi connectivity index (χ4v) is 12.3. The van der Waals surface area contributed by atoms with E-state index in [9.17, 15) is 19.5 Å². The minimum absolute atomic E-state index is 0.176. The topological polar surface area (TPSA) is 108 Å². The van der Waals surface area contributed by atoms with Crippen LogP contribution in [0.1, 0.15) is 412 Å². The molecule has 0 fully saturated rings. The summed E-state index contributed by atoms with van der Waals surface area (Å²) >= 11 is 0. The second-order valence-electron chi connectivity index (χ2n) is 29.1. The smallest absolute Gasteiger partial charge is 0.361 e. The van der Waals surface area contributed by atoms with Crippen LogP contribution in [0.15, 0.2) is 48.6 Å². The molecule has 93 heavy (non-hydrogen) atoms. The van der Waals surface area contributed by atoms with Gasteiger partial charge in [-0.2, -0.15) is 0 Å². The molecule has 0 saturated heterocycles. The summed E-state index contributed by atoms with van der Waals surface area (Å²) in [6.45, 7) is 4.93. The fraction of sp³-hybridized carbons (Fsp3) is 0.869. The number of esters is 2. The van der Waals surface area contributed by atoms with Gasteiger partial charge in [-0.25, -0.2) is 4.79 Å². The van der Waals surface area contributed by atoms with Gasteiger partial charge in [0.05, 0.1) is 34.4 Å². The zero-order valence-electron chi connectivity index (χ0n) is 62.7. The van der Waals surface area contributed by atoms with Crippen LogP contribution >= 0.6 is 0 Å². The van der Waals surface area contributed by atoms with Gasteiger partial charge in [-0.15, -0.1) is 0 Å². The Balaban J connectivity index is 3.96. The Morgan fingerprint density at radius 3 is 0.849 bits per heavy atom. The van der Waals surface area contributed by atoms with E-state index in [4.69, 9.17) is 18.9 Å². The lowest BCUT2D eigenvalue weighted by molar-refractivity contribution is -0.870. The molecule has 0 aliphatic rings. The highest BCUT2D eigenvalue weighted by atomic mass is 16.7. The van der Waals surface area contributed by atoms with Crippen molar-refractivity contribution in [2.45, 2.75) is 424 Å². The van der Waals surface area contributed by atoms with Crippen molar-refractivity contribution < 1.29 is 42.9 Å². The molecule has 0 heterocycles.